The SMILES string of the molecule is CCCC(=O)NNC(=O)CCC(=O)Nc1ccccc1. The molecule has 0 unspecified atom stereocenters. The largest absolute Gasteiger partial charge is 0.326 e. The van der Waals surface area contributed by atoms with E-state index in [2.05, 4.69) is 16.2 Å². The lowest BCUT2D eigenvalue weighted by Gasteiger charge is -2.07. The van der Waals surface area contributed by atoms with Crippen LogP contribution in [0.2, 0.25) is 0 Å². The third-order valence-corrected chi connectivity index (χ3v) is 2.46. The molecule has 6 heteroatoms. The van der Waals surface area contributed by atoms with Crippen LogP contribution >= 0.6 is 0 Å². The number of amides is 3. The maximum absolute atomic E-state index is 11.6. The predicted molar refractivity (Wildman–Crippen MR) is 75.5 cm³/mol. The zero-order chi connectivity index (χ0) is 14.8. The lowest BCUT2D eigenvalue weighted by Crippen LogP contribution is -2.41. The summed E-state index contributed by atoms with van der Waals surface area (Å²) >= 11 is 0. The van der Waals surface area contributed by atoms with E-state index in [0.29, 0.717) is 18.5 Å². The Labute approximate surface area is 117 Å². The van der Waals surface area contributed by atoms with Gasteiger partial charge < -0.3 is 5.32 Å². The van der Waals surface area contributed by atoms with Crippen molar-refractivity contribution in [2.75, 3.05) is 5.32 Å². The van der Waals surface area contributed by atoms with Crippen LogP contribution in [0.4, 0.5) is 5.69 Å². The first kappa shape index (κ1) is 15.7. The minimum absolute atomic E-state index is 0.0189. The van der Waals surface area contributed by atoms with Gasteiger partial charge in [-0.05, 0) is 18.6 Å². The molecule has 0 aliphatic rings. The summed E-state index contributed by atoms with van der Waals surface area (Å²) in [6, 6.07) is 9.01. The van der Waals surface area contributed by atoms with E-state index in [-0.39, 0.29) is 24.7 Å². The summed E-state index contributed by atoms with van der Waals surface area (Å²) in [5.41, 5.74) is 5.24. The molecule has 0 saturated heterocycles. The van der Waals surface area contributed by atoms with Crippen LogP contribution in [0.15, 0.2) is 30.3 Å². The molecule has 6 nitrogen and oxygen atoms in total. The molecule has 3 N–H and O–H groups in total. The molecule has 0 atom stereocenters. The Kier molecular flexibility index (Phi) is 6.81. The van der Waals surface area contributed by atoms with Gasteiger partial charge in [-0.1, -0.05) is 25.1 Å². The van der Waals surface area contributed by atoms with Crippen LogP contribution in [0.5, 0.6) is 0 Å². The van der Waals surface area contributed by atoms with Gasteiger partial charge in [0.1, 0.15) is 0 Å². The van der Waals surface area contributed by atoms with Crippen molar-refractivity contribution in [3.63, 3.8) is 0 Å². The highest BCUT2D eigenvalue weighted by Crippen LogP contribution is 2.05. The first-order chi connectivity index (χ1) is 9.61. The minimum Gasteiger partial charge on any atom is -0.326 e. The van der Waals surface area contributed by atoms with Gasteiger partial charge in [0.05, 0.1) is 0 Å². The molecule has 1 rings (SSSR count). The van der Waals surface area contributed by atoms with Gasteiger partial charge in [-0.25, -0.2) is 0 Å². The first-order valence-electron chi connectivity index (χ1n) is 6.54. The van der Waals surface area contributed by atoms with Gasteiger partial charge >= 0.3 is 0 Å². The molecule has 0 heterocycles. The van der Waals surface area contributed by atoms with Gasteiger partial charge in [-0.15, -0.1) is 0 Å². The summed E-state index contributed by atoms with van der Waals surface area (Å²) in [6.45, 7) is 1.87. The van der Waals surface area contributed by atoms with Gasteiger partial charge in [0.2, 0.25) is 17.7 Å². The fourth-order valence-electron chi connectivity index (χ4n) is 1.46. The molecule has 1 aromatic carbocycles. The molecular formula is C14H19N3O3. The number of rotatable bonds is 6. The third-order valence-electron chi connectivity index (χ3n) is 2.46. The second-order valence-corrected chi connectivity index (χ2v) is 4.26. The van der Waals surface area contributed by atoms with Crippen molar-refractivity contribution in [1.29, 1.82) is 0 Å². The van der Waals surface area contributed by atoms with Crippen LogP contribution in [-0.2, 0) is 14.4 Å². The quantitative estimate of drug-likeness (QED) is 0.686. The third kappa shape index (κ3) is 6.53. The highest BCUT2D eigenvalue weighted by molar-refractivity contribution is 5.93. The zero-order valence-corrected chi connectivity index (χ0v) is 11.4. The van der Waals surface area contributed by atoms with Crippen LogP contribution in [0.1, 0.15) is 32.6 Å². The Bertz CT molecular complexity index is 460. The lowest BCUT2D eigenvalue weighted by molar-refractivity contribution is -0.129. The Morgan fingerprint density at radius 3 is 2.00 bits per heavy atom. The molecule has 0 saturated carbocycles. The Morgan fingerprint density at radius 2 is 1.40 bits per heavy atom. The fraction of sp³-hybridized carbons (Fsp3) is 0.357. The Morgan fingerprint density at radius 1 is 0.850 bits per heavy atom. The Hall–Kier alpha value is -2.37. The van der Waals surface area contributed by atoms with Gasteiger partial charge in [0.25, 0.3) is 0 Å². The highest BCUT2D eigenvalue weighted by atomic mass is 16.2. The summed E-state index contributed by atoms with van der Waals surface area (Å²) in [7, 11) is 0. The van der Waals surface area contributed by atoms with Crippen molar-refractivity contribution in [2.45, 2.75) is 32.6 Å². The van der Waals surface area contributed by atoms with Crippen molar-refractivity contribution in [3.8, 4) is 0 Å². The van der Waals surface area contributed by atoms with Gasteiger partial charge in [-0.2, -0.15) is 0 Å². The smallest absolute Gasteiger partial charge is 0.238 e. The first-order valence-corrected chi connectivity index (χ1v) is 6.54. The summed E-state index contributed by atoms with van der Waals surface area (Å²) in [6.07, 6.45) is 1.14. The molecule has 0 fully saturated rings. The van der Waals surface area contributed by atoms with E-state index < -0.39 is 5.91 Å². The molecule has 0 aromatic heterocycles. The molecule has 108 valence electrons. The number of hydrogen-bond acceptors (Lipinski definition) is 3. The number of para-hydroxylation sites is 1. The molecular weight excluding hydrogens is 258 g/mol. The summed E-state index contributed by atoms with van der Waals surface area (Å²) in [5, 5.41) is 2.68. The molecule has 0 radical (unpaired) electrons. The van der Waals surface area contributed by atoms with Crippen LogP contribution < -0.4 is 16.2 Å². The van der Waals surface area contributed by atoms with Crippen molar-refractivity contribution in [2.24, 2.45) is 0 Å². The van der Waals surface area contributed by atoms with E-state index >= 15 is 0 Å². The van der Waals surface area contributed by atoms with Crippen LogP contribution in [0.25, 0.3) is 0 Å². The van der Waals surface area contributed by atoms with Crippen molar-refractivity contribution >= 4 is 23.4 Å². The maximum Gasteiger partial charge on any atom is 0.238 e. The molecule has 3 amide bonds. The van der Waals surface area contributed by atoms with Gasteiger partial charge in [0, 0.05) is 24.9 Å². The molecule has 0 aliphatic heterocycles. The topological polar surface area (TPSA) is 87.3 Å². The molecule has 0 spiro atoms. The molecule has 1 aromatic rings. The zero-order valence-electron chi connectivity index (χ0n) is 11.4. The summed E-state index contributed by atoms with van der Waals surface area (Å²) < 4.78 is 0. The molecule has 0 aliphatic carbocycles. The van der Waals surface area contributed by atoms with Crippen molar-refractivity contribution < 1.29 is 14.4 Å². The number of nitrogens with one attached hydrogen (secondary N) is 3. The second kappa shape index (κ2) is 8.68. The minimum atomic E-state index is -0.391. The maximum atomic E-state index is 11.6. The summed E-state index contributed by atoms with van der Waals surface area (Å²) in [5.74, 6) is -0.876. The number of hydrazine groups is 1. The average Bonchev–Trinajstić information content (AvgIpc) is 2.44. The Balaban J connectivity index is 2.20. The van der Waals surface area contributed by atoms with Crippen molar-refractivity contribution in [1.82, 2.24) is 10.9 Å². The number of anilines is 1. The van der Waals surface area contributed by atoms with E-state index in [1.54, 1.807) is 12.1 Å². The lowest BCUT2D eigenvalue weighted by atomic mass is 10.2. The summed E-state index contributed by atoms with van der Waals surface area (Å²) in [4.78, 5) is 34.1. The van der Waals surface area contributed by atoms with Gasteiger partial charge in [-0.3, -0.25) is 25.2 Å². The second-order valence-electron chi connectivity index (χ2n) is 4.26. The van der Waals surface area contributed by atoms with Crippen LogP contribution in [-0.4, -0.2) is 17.7 Å². The van der Waals surface area contributed by atoms with E-state index in [1.165, 1.54) is 0 Å². The van der Waals surface area contributed by atoms with Crippen molar-refractivity contribution in [3.05, 3.63) is 30.3 Å². The van der Waals surface area contributed by atoms with E-state index in [4.69, 9.17) is 0 Å². The van der Waals surface area contributed by atoms with E-state index in [0.717, 1.165) is 0 Å². The fourth-order valence-corrected chi connectivity index (χ4v) is 1.46. The number of benzene rings is 1. The molecule has 0 bridgehead atoms. The number of carbonyl (C=O) groups is 3. The van der Waals surface area contributed by atoms with Gasteiger partial charge in [0.15, 0.2) is 0 Å². The highest BCUT2D eigenvalue weighted by Gasteiger charge is 2.08. The standard InChI is InChI=1S/C14H19N3O3/c1-2-6-13(19)16-17-14(20)10-9-12(18)15-11-7-4-3-5-8-11/h3-5,7-8H,2,6,9-10H2,1H3,(H,15,18)(H,16,19)(H,17,20). The molecule has 20 heavy (non-hydrogen) atoms. The van der Waals surface area contributed by atoms with Crippen LogP contribution in [0, 0.1) is 0 Å². The number of carbonyl (C=O) groups excluding carboxylic acids is 3. The van der Waals surface area contributed by atoms with E-state index in [1.807, 2.05) is 25.1 Å². The number of hydrogen-bond donors (Lipinski definition) is 3. The monoisotopic (exact) mass is 277 g/mol. The van der Waals surface area contributed by atoms with E-state index in [9.17, 15) is 14.4 Å². The predicted octanol–water partition coefficient (Wildman–Crippen LogP) is 1.35. The average molecular weight is 277 g/mol. The van der Waals surface area contributed by atoms with Crippen LogP contribution in [0.3, 0.4) is 0 Å². The normalized spacial score (nSPS) is 9.65.